The average molecular weight is 224 g/mol. The first-order valence-electron chi connectivity index (χ1n) is 6.90. The number of carbonyl (C=O) groups is 1. The van der Waals surface area contributed by atoms with Crippen molar-refractivity contribution in [2.45, 2.75) is 69.9 Å². The number of piperidine rings is 1. The van der Waals surface area contributed by atoms with E-state index in [2.05, 4.69) is 10.6 Å². The molecule has 92 valence electrons. The van der Waals surface area contributed by atoms with Gasteiger partial charge in [-0.15, -0.1) is 0 Å². The van der Waals surface area contributed by atoms with Gasteiger partial charge in [-0.3, -0.25) is 4.79 Å². The van der Waals surface area contributed by atoms with Crippen LogP contribution in [0.5, 0.6) is 0 Å². The Kier molecular flexibility index (Phi) is 4.64. The first kappa shape index (κ1) is 11.9. The van der Waals surface area contributed by atoms with Crippen LogP contribution in [0.3, 0.4) is 0 Å². The van der Waals surface area contributed by atoms with Crippen molar-refractivity contribution in [2.75, 3.05) is 6.54 Å². The molecular formula is C13H24N2O. The van der Waals surface area contributed by atoms with E-state index in [9.17, 15) is 4.79 Å². The van der Waals surface area contributed by atoms with Gasteiger partial charge < -0.3 is 10.6 Å². The van der Waals surface area contributed by atoms with E-state index < -0.39 is 0 Å². The zero-order valence-electron chi connectivity index (χ0n) is 10.1. The molecule has 2 fully saturated rings. The predicted molar refractivity (Wildman–Crippen MR) is 65.3 cm³/mol. The van der Waals surface area contributed by atoms with Gasteiger partial charge in [0.25, 0.3) is 0 Å². The van der Waals surface area contributed by atoms with Crippen LogP contribution in [0.4, 0.5) is 0 Å². The molecule has 2 rings (SSSR count). The molecule has 0 spiro atoms. The van der Waals surface area contributed by atoms with Crippen LogP contribution in [0.15, 0.2) is 0 Å². The maximum absolute atomic E-state index is 12.0. The van der Waals surface area contributed by atoms with Crippen molar-refractivity contribution in [1.82, 2.24) is 10.6 Å². The lowest BCUT2D eigenvalue weighted by Crippen LogP contribution is -2.49. The number of hydrogen-bond donors (Lipinski definition) is 2. The smallest absolute Gasteiger partial charge is 0.237 e. The lowest BCUT2D eigenvalue weighted by atomic mass is 10.0. The standard InChI is InChI=1S/C13H24N2O/c16-13(12-9-5-6-10-14-12)15-11-7-3-1-2-4-8-11/h11-12,14H,1-10H2,(H,15,16)/t12-/m0/s1. The molecule has 0 aromatic heterocycles. The molecular weight excluding hydrogens is 200 g/mol. The largest absolute Gasteiger partial charge is 0.352 e. The molecule has 1 aliphatic carbocycles. The monoisotopic (exact) mass is 224 g/mol. The van der Waals surface area contributed by atoms with E-state index in [-0.39, 0.29) is 11.9 Å². The fourth-order valence-electron chi connectivity index (χ4n) is 2.80. The van der Waals surface area contributed by atoms with E-state index in [4.69, 9.17) is 0 Å². The molecule has 1 atom stereocenters. The van der Waals surface area contributed by atoms with Gasteiger partial charge in [0.05, 0.1) is 6.04 Å². The van der Waals surface area contributed by atoms with Crippen molar-refractivity contribution in [3.63, 3.8) is 0 Å². The van der Waals surface area contributed by atoms with Crippen LogP contribution in [0.25, 0.3) is 0 Å². The van der Waals surface area contributed by atoms with E-state index in [0.717, 1.165) is 13.0 Å². The summed E-state index contributed by atoms with van der Waals surface area (Å²) in [6.45, 7) is 1.00. The minimum absolute atomic E-state index is 0.0806. The minimum atomic E-state index is 0.0806. The van der Waals surface area contributed by atoms with Gasteiger partial charge in [-0.1, -0.05) is 32.1 Å². The SMILES string of the molecule is O=C(NC1CCCCCC1)[C@@H]1CCCCN1. The van der Waals surface area contributed by atoms with Gasteiger partial charge in [0.15, 0.2) is 0 Å². The van der Waals surface area contributed by atoms with Crippen LogP contribution in [0.1, 0.15) is 57.8 Å². The highest BCUT2D eigenvalue weighted by Gasteiger charge is 2.23. The molecule has 1 aliphatic heterocycles. The summed E-state index contributed by atoms with van der Waals surface area (Å²) >= 11 is 0. The predicted octanol–water partition coefficient (Wildman–Crippen LogP) is 1.97. The Morgan fingerprint density at radius 2 is 1.62 bits per heavy atom. The van der Waals surface area contributed by atoms with Gasteiger partial charge in [-0.25, -0.2) is 0 Å². The molecule has 16 heavy (non-hydrogen) atoms. The van der Waals surface area contributed by atoms with Crippen molar-refractivity contribution in [1.29, 1.82) is 0 Å². The molecule has 1 saturated heterocycles. The van der Waals surface area contributed by atoms with Crippen LogP contribution in [-0.2, 0) is 4.79 Å². The second kappa shape index (κ2) is 6.24. The highest BCUT2D eigenvalue weighted by Crippen LogP contribution is 2.17. The zero-order chi connectivity index (χ0) is 11.2. The molecule has 2 N–H and O–H groups in total. The van der Waals surface area contributed by atoms with E-state index >= 15 is 0 Å². The van der Waals surface area contributed by atoms with Gasteiger partial charge in [-0.2, -0.15) is 0 Å². The number of carbonyl (C=O) groups excluding carboxylic acids is 1. The summed E-state index contributed by atoms with van der Waals surface area (Å²) in [5.41, 5.74) is 0. The molecule has 2 aliphatic rings. The first-order valence-corrected chi connectivity index (χ1v) is 6.90. The summed E-state index contributed by atoms with van der Waals surface area (Å²) in [4.78, 5) is 12.0. The van der Waals surface area contributed by atoms with Crippen LogP contribution >= 0.6 is 0 Å². The molecule has 3 heteroatoms. The zero-order valence-corrected chi connectivity index (χ0v) is 10.1. The average Bonchev–Trinajstić information content (AvgIpc) is 2.59. The quantitative estimate of drug-likeness (QED) is 0.704. The molecule has 0 aromatic rings. The van der Waals surface area contributed by atoms with E-state index in [0.29, 0.717) is 6.04 Å². The Labute approximate surface area is 98.4 Å². The first-order chi connectivity index (χ1) is 7.86. The third kappa shape index (κ3) is 3.48. The van der Waals surface area contributed by atoms with Crippen LogP contribution < -0.4 is 10.6 Å². The number of rotatable bonds is 2. The van der Waals surface area contributed by atoms with Crippen molar-refractivity contribution < 1.29 is 4.79 Å². The highest BCUT2D eigenvalue weighted by molar-refractivity contribution is 5.82. The van der Waals surface area contributed by atoms with Crippen LogP contribution in [0, 0.1) is 0 Å². The Morgan fingerprint density at radius 3 is 2.25 bits per heavy atom. The van der Waals surface area contributed by atoms with E-state index in [1.807, 2.05) is 0 Å². The summed E-state index contributed by atoms with van der Waals surface area (Å²) in [6, 6.07) is 0.524. The lowest BCUT2D eigenvalue weighted by molar-refractivity contribution is -0.124. The number of amides is 1. The van der Waals surface area contributed by atoms with Crippen LogP contribution in [0.2, 0.25) is 0 Å². The molecule has 0 bridgehead atoms. The maximum Gasteiger partial charge on any atom is 0.237 e. The Bertz CT molecular complexity index is 216. The molecule has 3 nitrogen and oxygen atoms in total. The summed E-state index contributed by atoms with van der Waals surface area (Å²) in [5.74, 6) is 0.242. The Hall–Kier alpha value is -0.570. The molecule has 1 amide bonds. The van der Waals surface area contributed by atoms with Gasteiger partial charge in [0, 0.05) is 6.04 Å². The normalized spacial score (nSPS) is 28.4. The van der Waals surface area contributed by atoms with Crippen molar-refractivity contribution in [3.05, 3.63) is 0 Å². The Balaban J connectivity index is 1.76. The van der Waals surface area contributed by atoms with Crippen molar-refractivity contribution in [3.8, 4) is 0 Å². The third-order valence-corrected chi connectivity index (χ3v) is 3.83. The van der Waals surface area contributed by atoms with Gasteiger partial charge in [0.1, 0.15) is 0 Å². The van der Waals surface area contributed by atoms with E-state index in [1.165, 1.54) is 51.4 Å². The fraction of sp³-hybridized carbons (Fsp3) is 0.923. The maximum atomic E-state index is 12.0. The highest BCUT2D eigenvalue weighted by atomic mass is 16.2. The molecule has 0 aromatic carbocycles. The van der Waals surface area contributed by atoms with Crippen molar-refractivity contribution in [2.24, 2.45) is 0 Å². The summed E-state index contributed by atoms with van der Waals surface area (Å²) in [7, 11) is 0. The van der Waals surface area contributed by atoms with E-state index in [1.54, 1.807) is 0 Å². The van der Waals surface area contributed by atoms with Gasteiger partial charge in [0.2, 0.25) is 5.91 Å². The topological polar surface area (TPSA) is 41.1 Å². The molecule has 1 saturated carbocycles. The van der Waals surface area contributed by atoms with Gasteiger partial charge >= 0.3 is 0 Å². The molecule has 1 heterocycles. The number of hydrogen-bond acceptors (Lipinski definition) is 2. The Morgan fingerprint density at radius 1 is 0.938 bits per heavy atom. The van der Waals surface area contributed by atoms with Crippen LogP contribution in [-0.4, -0.2) is 24.5 Å². The summed E-state index contributed by atoms with van der Waals surface area (Å²) in [6.07, 6.45) is 11.0. The summed E-state index contributed by atoms with van der Waals surface area (Å²) < 4.78 is 0. The third-order valence-electron chi connectivity index (χ3n) is 3.83. The number of nitrogens with one attached hydrogen (secondary N) is 2. The van der Waals surface area contributed by atoms with Crippen molar-refractivity contribution >= 4 is 5.91 Å². The van der Waals surface area contributed by atoms with Gasteiger partial charge in [-0.05, 0) is 32.2 Å². The second-order valence-electron chi connectivity index (χ2n) is 5.20. The fourth-order valence-corrected chi connectivity index (χ4v) is 2.80. The lowest BCUT2D eigenvalue weighted by Gasteiger charge is -2.25. The minimum Gasteiger partial charge on any atom is -0.352 e. The second-order valence-corrected chi connectivity index (χ2v) is 5.20. The molecule has 0 unspecified atom stereocenters. The molecule has 0 radical (unpaired) electrons. The summed E-state index contributed by atoms with van der Waals surface area (Å²) in [5, 5.41) is 6.54.